The van der Waals surface area contributed by atoms with Crippen molar-refractivity contribution in [1.29, 1.82) is 0 Å². The topological polar surface area (TPSA) is 75.1 Å². The molecule has 0 radical (unpaired) electrons. The predicted molar refractivity (Wildman–Crippen MR) is 92.7 cm³/mol. The summed E-state index contributed by atoms with van der Waals surface area (Å²) < 4.78 is 11.1. The molecule has 1 aromatic rings. The number of thiocarbonyl (C=S) groups is 1. The number of phenols is 1. The third-order valence-electron chi connectivity index (χ3n) is 3.16. The van der Waals surface area contributed by atoms with Crippen LogP contribution in [0.5, 0.6) is 11.5 Å². The lowest BCUT2D eigenvalue weighted by Crippen LogP contribution is -2.37. The van der Waals surface area contributed by atoms with Crippen molar-refractivity contribution in [3.8, 4) is 11.5 Å². The number of hydrogen-bond donors (Lipinski definition) is 3. The second kappa shape index (κ2) is 8.30. The van der Waals surface area contributed by atoms with Crippen molar-refractivity contribution in [1.82, 2.24) is 10.7 Å². The van der Waals surface area contributed by atoms with E-state index >= 15 is 0 Å². The van der Waals surface area contributed by atoms with Crippen LogP contribution in [0.2, 0.25) is 0 Å². The molecule has 1 aliphatic heterocycles. The molecule has 8 heteroatoms. The minimum absolute atomic E-state index is 0.0568. The number of ether oxygens (including phenoxy) is 2. The Balaban J connectivity index is 1.83. The van der Waals surface area contributed by atoms with Gasteiger partial charge in [0.1, 0.15) is 0 Å². The first kappa shape index (κ1) is 17.0. The van der Waals surface area contributed by atoms with Crippen molar-refractivity contribution >= 4 is 39.5 Å². The van der Waals surface area contributed by atoms with Crippen LogP contribution in [0.15, 0.2) is 21.7 Å². The number of nitrogens with zero attached hydrogens (tertiary/aromatic N) is 1. The van der Waals surface area contributed by atoms with Crippen LogP contribution in [0.3, 0.4) is 0 Å². The summed E-state index contributed by atoms with van der Waals surface area (Å²) in [5, 5.41) is 17.3. The average molecular weight is 388 g/mol. The molecule has 1 heterocycles. The number of halogens is 1. The Kier molecular flexibility index (Phi) is 6.41. The van der Waals surface area contributed by atoms with Gasteiger partial charge in [-0.25, -0.2) is 0 Å². The molecule has 6 nitrogen and oxygen atoms in total. The summed E-state index contributed by atoms with van der Waals surface area (Å²) in [7, 11) is 1.49. The molecule has 0 spiro atoms. The Labute approximate surface area is 143 Å². The predicted octanol–water partition coefficient (Wildman–Crippen LogP) is 2.14. The van der Waals surface area contributed by atoms with Crippen LogP contribution in [0.1, 0.15) is 18.4 Å². The Morgan fingerprint density at radius 2 is 2.45 bits per heavy atom. The van der Waals surface area contributed by atoms with Crippen LogP contribution in [-0.2, 0) is 4.74 Å². The molecule has 0 bridgehead atoms. The molecular weight excluding hydrogens is 370 g/mol. The highest BCUT2D eigenvalue weighted by atomic mass is 79.9. The lowest BCUT2D eigenvalue weighted by molar-refractivity contribution is 0.114. The van der Waals surface area contributed by atoms with Gasteiger partial charge >= 0.3 is 0 Å². The lowest BCUT2D eigenvalue weighted by Gasteiger charge is -2.11. The number of hydrogen-bond acceptors (Lipinski definition) is 5. The Hall–Kier alpha value is -1.38. The molecule has 120 valence electrons. The lowest BCUT2D eigenvalue weighted by atomic mass is 10.2. The van der Waals surface area contributed by atoms with Crippen molar-refractivity contribution < 1.29 is 14.6 Å². The fourth-order valence-corrected chi connectivity index (χ4v) is 2.64. The Morgan fingerprint density at radius 1 is 1.64 bits per heavy atom. The van der Waals surface area contributed by atoms with Gasteiger partial charge in [0.15, 0.2) is 16.6 Å². The van der Waals surface area contributed by atoms with E-state index in [2.05, 4.69) is 31.8 Å². The van der Waals surface area contributed by atoms with Gasteiger partial charge in [-0.3, -0.25) is 5.43 Å². The van der Waals surface area contributed by atoms with E-state index in [1.54, 1.807) is 18.3 Å². The van der Waals surface area contributed by atoms with E-state index in [4.69, 9.17) is 21.7 Å². The highest BCUT2D eigenvalue weighted by molar-refractivity contribution is 9.10. The first-order valence-electron chi connectivity index (χ1n) is 6.85. The van der Waals surface area contributed by atoms with Gasteiger partial charge in [0.05, 0.1) is 23.9 Å². The van der Waals surface area contributed by atoms with Gasteiger partial charge in [0.2, 0.25) is 0 Å². The number of phenolic OH excluding ortho intramolecular Hbond substituents is 1. The van der Waals surface area contributed by atoms with E-state index in [1.807, 2.05) is 0 Å². The second-order valence-corrected chi connectivity index (χ2v) is 6.03. The summed E-state index contributed by atoms with van der Waals surface area (Å²) >= 11 is 8.39. The number of methoxy groups -OCH3 is 1. The van der Waals surface area contributed by atoms with Crippen LogP contribution >= 0.6 is 28.1 Å². The highest BCUT2D eigenvalue weighted by Crippen LogP contribution is 2.34. The zero-order valence-corrected chi connectivity index (χ0v) is 14.5. The van der Waals surface area contributed by atoms with E-state index in [1.165, 1.54) is 7.11 Å². The SMILES string of the molecule is COc1cc(C=NNC(=S)NCC2CCCO2)cc(Br)c1O. The van der Waals surface area contributed by atoms with Gasteiger partial charge in [-0.05, 0) is 58.7 Å². The third-order valence-corrected chi connectivity index (χ3v) is 4.00. The number of nitrogens with one attached hydrogen (secondary N) is 2. The summed E-state index contributed by atoms with van der Waals surface area (Å²) in [5.74, 6) is 0.427. The van der Waals surface area contributed by atoms with Crippen molar-refractivity contribution in [2.75, 3.05) is 20.3 Å². The Morgan fingerprint density at radius 3 is 3.14 bits per heavy atom. The fraction of sp³-hybridized carbons (Fsp3) is 0.429. The fourth-order valence-electron chi connectivity index (χ4n) is 2.04. The van der Waals surface area contributed by atoms with Gasteiger partial charge in [0.25, 0.3) is 0 Å². The molecule has 3 N–H and O–H groups in total. The minimum Gasteiger partial charge on any atom is -0.503 e. The van der Waals surface area contributed by atoms with Crippen LogP contribution in [0.25, 0.3) is 0 Å². The van der Waals surface area contributed by atoms with Crippen LogP contribution < -0.4 is 15.5 Å². The van der Waals surface area contributed by atoms with E-state index in [0.29, 0.717) is 21.9 Å². The standard InChI is InChI=1S/C14H18BrN3O3S/c1-20-12-6-9(5-11(15)13(12)19)7-17-18-14(22)16-8-10-3-2-4-21-10/h5-7,10,19H,2-4,8H2,1H3,(H2,16,18,22). The molecule has 1 fully saturated rings. The highest BCUT2D eigenvalue weighted by Gasteiger charge is 2.15. The van der Waals surface area contributed by atoms with Crippen molar-refractivity contribution in [2.24, 2.45) is 5.10 Å². The maximum absolute atomic E-state index is 9.73. The molecule has 0 amide bonds. The van der Waals surface area contributed by atoms with Crippen molar-refractivity contribution in [3.63, 3.8) is 0 Å². The molecule has 0 saturated carbocycles. The second-order valence-electron chi connectivity index (χ2n) is 4.77. The summed E-state index contributed by atoms with van der Waals surface area (Å²) in [5.41, 5.74) is 3.50. The van der Waals surface area contributed by atoms with Crippen LogP contribution in [-0.4, -0.2) is 42.8 Å². The largest absolute Gasteiger partial charge is 0.503 e. The molecule has 2 rings (SSSR count). The third kappa shape index (κ3) is 4.82. The van der Waals surface area contributed by atoms with Crippen molar-refractivity contribution in [2.45, 2.75) is 18.9 Å². The van der Waals surface area contributed by atoms with Gasteiger partial charge < -0.3 is 19.9 Å². The maximum atomic E-state index is 9.73. The van der Waals surface area contributed by atoms with Crippen molar-refractivity contribution in [3.05, 3.63) is 22.2 Å². The average Bonchev–Trinajstić information content (AvgIpc) is 3.02. The molecule has 0 aliphatic carbocycles. The van der Waals surface area contributed by atoms with E-state index in [9.17, 15) is 5.11 Å². The maximum Gasteiger partial charge on any atom is 0.187 e. The summed E-state index contributed by atoms with van der Waals surface area (Å²) in [4.78, 5) is 0. The molecule has 1 atom stereocenters. The monoisotopic (exact) mass is 387 g/mol. The number of rotatable bonds is 5. The number of aromatic hydroxyl groups is 1. The first-order valence-corrected chi connectivity index (χ1v) is 8.05. The van der Waals surface area contributed by atoms with Gasteiger partial charge in [-0.15, -0.1) is 0 Å². The molecule has 0 aromatic heterocycles. The van der Waals surface area contributed by atoms with E-state index in [-0.39, 0.29) is 11.9 Å². The van der Waals surface area contributed by atoms with E-state index in [0.717, 1.165) is 25.0 Å². The first-order chi connectivity index (χ1) is 10.6. The zero-order chi connectivity index (χ0) is 15.9. The van der Waals surface area contributed by atoms with Crippen LogP contribution in [0.4, 0.5) is 0 Å². The zero-order valence-electron chi connectivity index (χ0n) is 12.1. The van der Waals surface area contributed by atoms with Gasteiger partial charge in [-0.2, -0.15) is 5.10 Å². The Bertz CT molecular complexity index is 563. The normalized spacial score (nSPS) is 17.6. The molecule has 1 aliphatic rings. The summed E-state index contributed by atoms with van der Waals surface area (Å²) in [6.45, 7) is 1.50. The molecule has 22 heavy (non-hydrogen) atoms. The molecule has 1 unspecified atom stereocenters. The number of hydrazone groups is 1. The van der Waals surface area contributed by atoms with Gasteiger partial charge in [0, 0.05) is 13.2 Å². The quantitative estimate of drug-likeness (QED) is 0.408. The summed E-state index contributed by atoms with van der Waals surface area (Å²) in [6.07, 6.45) is 3.97. The number of benzene rings is 1. The van der Waals surface area contributed by atoms with Gasteiger partial charge in [-0.1, -0.05) is 0 Å². The smallest absolute Gasteiger partial charge is 0.187 e. The minimum atomic E-state index is 0.0568. The molecular formula is C14H18BrN3O3S. The molecule has 1 aromatic carbocycles. The molecule has 1 saturated heterocycles. The summed E-state index contributed by atoms with van der Waals surface area (Å²) in [6, 6.07) is 3.40. The van der Waals surface area contributed by atoms with Crippen LogP contribution in [0, 0.1) is 0 Å². The van der Waals surface area contributed by atoms with E-state index < -0.39 is 0 Å².